The van der Waals surface area contributed by atoms with Crippen LogP contribution in [0.5, 0.6) is 0 Å². The molecule has 1 atom stereocenters. The third kappa shape index (κ3) is 7.18. The number of nitrogens with zero attached hydrogens (tertiary/aromatic N) is 1. The number of nitrogens with one attached hydrogen (secondary N) is 1. The molecule has 1 unspecified atom stereocenters. The zero-order valence-electron chi connectivity index (χ0n) is 12.1. The highest BCUT2D eigenvalue weighted by atomic mass is 32.2. The van der Waals surface area contributed by atoms with E-state index in [4.69, 9.17) is 9.47 Å². The third-order valence-corrected chi connectivity index (χ3v) is 4.31. The van der Waals surface area contributed by atoms with Crippen LogP contribution in [-0.4, -0.2) is 70.9 Å². The van der Waals surface area contributed by atoms with Crippen LogP contribution in [0.2, 0.25) is 0 Å². The maximum Gasteiger partial charge on any atom is 0.235 e. The van der Waals surface area contributed by atoms with Crippen LogP contribution >= 0.6 is 0 Å². The van der Waals surface area contributed by atoms with E-state index in [1.165, 1.54) is 7.05 Å². The number of carbonyl (C=O) groups is 1. The van der Waals surface area contributed by atoms with E-state index >= 15 is 0 Å². The molecule has 0 aliphatic carbocycles. The van der Waals surface area contributed by atoms with Crippen molar-refractivity contribution in [2.45, 2.75) is 25.4 Å². The van der Waals surface area contributed by atoms with Crippen LogP contribution < -0.4 is 5.32 Å². The number of carbonyl (C=O) groups excluding carboxylic acids is 1. The van der Waals surface area contributed by atoms with Gasteiger partial charge < -0.3 is 14.8 Å². The molecule has 0 spiro atoms. The normalized spacial score (nSPS) is 19.4. The highest BCUT2D eigenvalue weighted by Crippen LogP contribution is 2.11. The summed E-state index contributed by atoms with van der Waals surface area (Å²) >= 11 is 0. The Morgan fingerprint density at radius 2 is 2.25 bits per heavy atom. The van der Waals surface area contributed by atoms with Crippen molar-refractivity contribution in [2.75, 3.05) is 46.2 Å². The van der Waals surface area contributed by atoms with Crippen molar-refractivity contribution in [2.24, 2.45) is 0 Å². The van der Waals surface area contributed by atoms with E-state index in [0.29, 0.717) is 26.2 Å². The second-order valence-corrected chi connectivity index (χ2v) is 7.02. The minimum Gasteiger partial charge on any atom is -0.379 e. The number of rotatable bonds is 9. The van der Waals surface area contributed by atoms with Gasteiger partial charge in [0.25, 0.3) is 0 Å². The Bertz CT molecular complexity index is 393. The quantitative estimate of drug-likeness (QED) is 0.585. The molecule has 1 saturated heterocycles. The van der Waals surface area contributed by atoms with Crippen molar-refractivity contribution < 1.29 is 22.7 Å². The van der Waals surface area contributed by atoms with Crippen molar-refractivity contribution in [3.8, 4) is 0 Å². The van der Waals surface area contributed by atoms with Gasteiger partial charge in [0.1, 0.15) is 0 Å². The third-order valence-electron chi connectivity index (χ3n) is 3.05. The molecule has 1 aliphatic heterocycles. The van der Waals surface area contributed by atoms with Gasteiger partial charge in [-0.3, -0.25) is 4.79 Å². The fraction of sp³-hybridized carbons (Fsp3) is 0.917. The number of likely N-dealkylation sites (N-methyl/N-ethyl adjacent to an activating group) is 1. The van der Waals surface area contributed by atoms with Crippen LogP contribution in [0.4, 0.5) is 0 Å². The van der Waals surface area contributed by atoms with Gasteiger partial charge in [0.15, 0.2) is 0 Å². The van der Waals surface area contributed by atoms with Gasteiger partial charge in [0, 0.05) is 26.8 Å². The lowest BCUT2D eigenvalue weighted by Crippen LogP contribution is -2.38. The molecule has 7 nitrogen and oxygen atoms in total. The van der Waals surface area contributed by atoms with Gasteiger partial charge in [0.2, 0.25) is 15.9 Å². The van der Waals surface area contributed by atoms with E-state index in [2.05, 4.69) is 5.32 Å². The van der Waals surface area contributed by atoms with Crippen LogP contribution in [0.1, 0.15) is 19.3 Å². The SMILES string of the molecule is CN(CC(=O)NCCCOCC1CCCO1)S(C)(=O)=O. The largest absolute Gasteiger partial charge is 0.379 e. The summed E-state index contributed by atoms with van der Waals surface area (Å²) in [5.41, 5.74) is 0. The fourth-order valence-corrected chi connectivity index (χ4v) is 2.12. The fourth-order valence-electron chi connectivity index (χ4n) is 1.77. The van der Waals surface area contributed by atoms with E-state index in [1.807, 2.05) is 0 Å². The van der Waals surface area contributed by atoms with E-state index in [1.54, 1.807) is 0 Å². The number of hydrogen-bond acceptors (Lipinski definition) is 5. The molecule has 20 heavy (non-hydrogen) atoms. The molecule has 0 saturated carbocycles. The summed E-state index contributed by atoms with van der Waals surface area (Å²) in [7, 11) is -1.94. The van der Waals surface area contributed by atoms with Gasteiger partial charge in [-0.2, -0.15) is 4.31 Å². The summed E-state index contributed by atoms with van der Waals surface area (Å²) in [6, 6.07) is 0. The summed E-state index contributed by atoms with van der Waals surface area (Å²) < 4.78 is 34.1. The molecule has 1 amide bonds. The van der Waals surface area contributed by atoms with E-state index in [0.717, 1.165) is 30.0 Å². The second-order valence-electron chi connectivity index (χ2n) is 4.93. The number of ether oxygens (including phenoxy) is 2. The van der Waals surface area contributed by atoms with Crippen molar-refractivity contribution in [1.29, 1.82) is 0 Å². The van der Waals surface area contributed by atoms with Gasteiger partial charge in [0.05, 0.1) is 25.5 Å². The van der Waals surface area contributed by atoms with Crippen molar-refractivity contribution in [3.05, 3.63) is 0 Å². The topological polar surface area (TPSA) is 84.9 Å². The zero-order chi connectivity index (χ0) is 15.0. The first-order valence-electron chi connectivity index (χ1n) is 6.77. The first-order valence-corrected chi connectivity index (χ1v) is 8.62. The number of sulfonamides is 1. The molecule has 8 heteroatoms. The van der Waals surface area contributed by atoms with Gasteiger partial charge in [-0.15, -0.1) is 0 Å². The Kier molecular flexibility index (Phi) is 7.42. The average Bonchev–Trinajstić information content (AvgIpc) is 2.85. The first-order chi connectivity index (χ1) is 9.39. The molecule has 0 aromatic carbocycles. The minimum atomic E-state index is -3.31. The van der Waals surface area contributed by atoms with Gasteiger partial charge >= 0.3 is 0 Å². The summed E-state index contributed by atoms with van der Waals surface area (Å²) in [6.45, 7) is 2.29. The predicted molar refractivity (Wildman–Crippen MR) is 74.9 cm³/mol. The van der Waals surface area contributed by atoms with E-state index in [-0.39, 0.29) is 18.6 Å². The Hall–Kier alpha value is -0.700. The Balaban J connectivity index is 1.99. The van der Waals surface area contributed by atoms with E-state index < -0.39 is 10.0 Å². The molecule has 1 rings (SSSR count). The summed E-state index contributed by atoms with van der Waals surface area (Å²) in [5.74, 6) is -0.308. The molecule has 0 aromatic heterocycles. The van der Waals surface area contributed by atoms with Crippen LogP contribution in [0, 0.1) is 0 Å². The smallest absolute Gasteiger partial charge is 0.235 e. The Labute approximate surface area is 120 Å². The van der Waals surface area contributed by atoms with Crippen LogP contribution in [-0.2, 0) is 24.3 Å². The highest BCUT2D eigenvalue weighted by molar-refractivity contribution is 7.88. The lowest BCUT2D eigenvalue weighted by molar-refractivity contribution is -0.121. The molecule has 0 aromatic rings. The average molecular weight is 308 g/mol. The summed E-state index contributed by atoms with van der Waals surface area (Å²) in [5, 5.41) is 2.66. The lowest BCUT2D eigenvalue weighted by Gasteiger charge is -2.14. The van der Waals surface area contributed by atoms with Crippen LogP contribution in [0.25, 0.3) is 0 Å². The maximum absolute atomic E-state index is 11.5. The molecular formula is C12H24N2O5S. The van der Waals surface area contributed by atoms with E-state index in [9.17, 15) is 13.2 Å². The number of amides is 1. The Morgan fingerprint density at radius 3 is 2.85 bits per heavy atom. The van der Waals surface area contributed by atoms with Gasteiger partial charge in [-0.1, -0.05) is 0 Å². The second kappa shape index (κ2) is 8.56. The highest BCUT2D eigenvalue weighted by Gasteiger charge is 2.15. The van der Waals surface area contributed by atoms with Gasteiger partial charge in [-0.05, 0) is 19.3 Å². The minimum absolute atomic E-state index is 0.157. The lowest BCUT2D eigenvalue weighted by atomic mass is 10.2. The molecule has 1 N–H and O–H groups in total. The first kappa shape index (κ1) is 17.4. The monoisotopic (exact) mass is 308 g/mol. The van der Waals surface area contributed by atoms with Crippen molar-refractivity contribution in [1.82, 2.24) is 9.62 Å². The summed E-state index contributed by atoms with van der Waals surface area (Å²) in [6.07, 6.45) is 4.13. The van der Waals surface area contributed by atoms with Crippen molar-refractivity contribution in [3.63, 3.8) is 0 Å². The number of hydrogen-bond donors (Lipinski definition) is 1. The predicted octanol–water partition coefficient (Wildman–Crippen LogP) is -0.420. The molecule has 0 radical (unpaired) electrons. The molecule has 0 bridgehead atoms. The summed E-state index contributed by atoms with van der Waals surface area (Å²) in [4.78, 5) is 11.5. The molecule has 1 aliphatic rings. The van der Waals surface area contributed by atoms with Crippen LogP contribution in [0.15, 0.2) is 0 Å². The Morgan fingerprint density at radius 1 is 1.50 bits per heavy atom. The molecule has 1 heterocycles. The molecule has 1 fully saturated rings. The maximum atomic E-state index is 11.5. The van der Waals surface area contributed by atoms with Crippen molar-refractivity contribution >= 4 is 15.9 Å². The molecular weight excluding hydrogens is 284 g/mol. The molecule has 118 valence electrons. The zero-order valence-corrected chi connectivity index (χ0v) is 12.9. The standard InChI is InChI=1S/C12H24N2O5S/c1-14(20(2,16)17)9-12(15)13-6-4-7-18-10-11-5-3-8-19-11/h11H,3-10H2,1-2H3,(H,13,15). The van der Waals surface area contributed by atoms with Crippen LogP contribution in [0.3, 0.4) is 0 Å². The van der Waals surface area contributed by atoms with Gasteiger partial charge in [-0.25, -0.2) is 8.42 Å².